The standard InChI is InChI=1S/C20H21N5O3S/c26-18-15-17(25(11-7-8-11)20(27)23-18)21-16(10-5-6-10)22-19(15)29-9-13-12-3-1-2-4-14(12)28-24-13/h10-11H,1-9H2,(H,23,26,27). The highest BCUT2D eigenvalue weighted by atomic mass is 32.2. The number of rotatable bonds is 5. The van der Waals surface area contributed by atoms with Crippen LogP contribution < -0.4 is 11.2 Å². The minimum absolute atomic E-state index is 0.129. The van der Waals surface area contributed by atoms with Crippen LogP contribution in [0.4, 0.5) is 0 Å². The fourth-order valence-electron chi connectivity index (χ4n) is 4.13. The van der Waals surface area contributed by atoms with Crippen LogP contribution in [0.1, 0.15) is 73.3 Å². The molecule has 3 aliphatic rings. The molecule has 29 heavy (non-hydrogen) atoms. The molecule has 0 unspecified atom stereocenters. The van der Waals surface area contributed by atoms with Crippen molar-refractivity contribution in [3.05, 3.63) is 43.7 Å². The van der Waals surface area contributed by atoms with Crippen LogP contribution in [0.25, 0.3) is 11.0 Å². The number of hydrogen-bond donors (Lipinski definition) is 1. The number of nitrogens with zero attached hydrogens (tertiary/aromatic N) is 4. The Bertz CT molecular complexity index is 1240. The van der Waals surface area contributed by atoms with E-state index in [1.807, 2.05) is 0 Å². The van der Waals surface area contributed by atoms with Crippen LogP contribution in [0.5, 0.6) is 0 Å². The maximum atomic E-state index is 12.7. The lowest BCUT2D eigenvalue weighted by Gasteiger charge is -2.12. The van der Waals surface area contributed by atoms with Gasteiger partial charge in [-0.15, -0.1) is 0 Å². The first-order chi connectivity index (χ1) is 14.2. The molecular formula is C20H21N5O3S. The van der Waals surface area contributed by atoms with Crippen molar-refractivity contribution < 1.29 is 4.52 Å². The highest BCUT2D eigenvalue weighted by molar-refractivity contribution is 7.98. The van der Waals surface area contributed by atoms with Gasteiger partial charge in [0.2, 0.25) is 0 Å². The quantitative estimate of drug-likeness (QED) is 0.508. The van der Waals surface area contributed by atoms with Gasteiger partial charge in [0.05, 0.1) is 5.69 Å². The van der Waals surface area contributed by atoms with Gasteiger partial charge in [0, 0.05) is 29.7 Å². The van der Waals surface area contributed by atoms with E-state index in [-0.39, 0.29) is 11.7 Å². The first kappa shape index (κ1) is 17.4. The van der Waals surface area contributed by atoms with Crippen LogP contribution in [-0.2, 0) is 18.6 Å². The predicted octanol–water partition coefficient (Wildman–Crippen LogP) is 2.85. The highest BCUT2D eigenvalue weighted by Gasteiger charge is 2.32. The van der Waals surface area contributed by atoms with Crippen LogP contribution in [0.15, 0.2) is 19.1 Å². The molecule has 0 radical (unpaired) electrons. The second kappa shape index (κ2) is 6.55. The molecule has 0 spiro atoms. The van der Waals surface area contributed by atoms with E-state index in [1.54, 1.807) is 4.57 Å². The Kier molecular flexibility index (Phi) is 3.94. The van der Waals surface area contributed by atoms with Gasteiger partial charge in [0.25, 0.3) is 5.56 Å². The zero-order valence-electron chi connectivity index (χ0n) is 15.9. The van der Waals surface area contributed by atoms with Gasteiger partial charge in [-0.2, -0.15) is 0 Å². The van der Waals surface area contributed by atoms with Crippen LogP contribution in [0.3, 0.4) is 0 Å². The van der Waals surface area contributed by atoms with Crippen molar-refractivity contribution in [1.82, 2.24) is 24.7 Å². The van der Waals surface area contributed by atoms with Gasteiger partial charge < -0.3 is 4.52 Å². The number of thioether (sulfide) groups is 1. The Morgan fingerprint density at radius 1 is 1.10 bits per heavy atom. The van der Waals surface area contributed by atoms with Crippen molar-refractivity contribution in [2.75, 3.05) is 0 Å². The normalized spacial score (nSPS) is 18.9. The number of H-pyrrole nitrogens is 1. The lowest BCUT2D eigenvalue weighted by molar-refractivity contribution is 0.369. The van der Waals surface area contributed by atoms with E-state index >= 15 is 0 Å². The van der Waals surface area contributed by atoms with Crippen molar-refractivity contribution in [1.29, 1.82) is 0 Å². The minimum atomic E-state index is -0.408. The second-order valence-corrected chi connectivity index (χ2v) is 9.21. The summed E-state index contributed by atoms with van der Waals surface area (Å²) in [5.41, 5.74) is 1.87. The van der Waals surface area contributed by atoms with Gasteiger partial charge in [-0.05, 0) is 44.9 Å². The summed E-state index contributed by atoms with van der Waals surface area (Å²) in [7, 11) is 0. The Labute approximate surface area is 170 Å². The number of aromatic nitrogens is 5. The van der Waals surface area contributed by atoms with E-state index in [2.05, 4.69) is 15.1 Å². The van der Waals surface area contributed by atoms with Gasteiger partial charge in [0.1, 0.15) is 22.0 Å². The van der Waals surface area contributed by atoms with Gasteiger partial charge in [-0.1, -0.05) is 16.9 Å². The molecule has 0 aromatic carbocycles. The molecule has 3 aromatic heterocycles. The first-order valence-electron chi connectivity index (χ1n) is 10.3. The number of nitrogens with one attached hydrogen (secondary N) is 1. The summed E-state index contributed by atoms with van der Waals surface area (Å²) in [6.07, 6.45) is 8.24. The zero-order chi connectivity index (χ0) is 19.5. The minimum Gasteiger partial charge on any atom is -0.361 e. The summed E-state index contributed by atoms with van der Waals surface area (Å²) in [4.78, 5) is 37.1. The third-order valence-electron chi connectivity index (χ3n) is 6.00. The average Bonchev–Trinajstić information content (AvgIpc) is 3.63. The molecule has 3 aliphatic carbocycles. The number of aryl methyl sites for hydroxylation is 1. The molecule has 9 heteroatoms. The number of fused-ring (bicyclic) bond motifs is 2. The van der Waals surface area contributed by atoms with E-state index < -0.39 is 5.56 Å². The molecule has 0 saturated heterocycles. The monoisotopic (exact) mass is 411 g/mol. The summed E-state index contributed by atoms with van der Waals surface area (Å²) in [5, 5.41) is 5.33. The first-order valence-corrected chi connectivity index (χ1v) is 11.3. The zero-order valence-corrected chi connectivity index (χ0v) is 16.8. The van der Waals surface area contributed by atoms with Gasteiger partial charge in [0.15, 0.2) is 5.65 Å². The topological polar surface area (TPSA) is 107 Å². The summed E-state index contributed by atoms with van der Waals surface area (Å²) in [5.74, 6) is 2.68. The van der Waals surface area contributed by atoms with Crippen LogP contribution >= 0.6 is 11.8 Å². The maximum absolute atomic E-state index is 12.7. The molecular weight excluding hydrogens is 390 g/mol. The lowest BCUT2D eigenvalue weighted by Crippen LogP contribution is -2.31. The van der Waals surface area contributed by atoms with Crippen molar-refractivity contribution in [2.45, 2.75) is 74.1 Å². The Morgan fingerprint density at radius 3 is 2.72 bits per heavy atom. The summed E-state index contributed by atoms with van der Waals surface area (Å²) >= 11 is 1.49. The highest BCUT2D eigenvalue weighted by Crippen LogP contribution is 2.41. The summed E-state index contributed by atoms with van der Waals surface area (Å²) < 4.78 is 7.18. The van der Waals surface area contributed by atoms with Crippen molar-refractivity contribution in [3.8, 4) is 0 Å². The third kappa shape index (κ3) is 3.02. The fourth-order valence-corrected chi connectivity index (χ4v) is 5.12. The third-order valence-corrected chi connectivity index (χ3v) is 6.99. The number of hydrogen-bond acceptors (Lipinski definition) is 7. The second-order valence-electron chi connectivity index (χ2n) is 8.25. The van der Waals surface area contributed by atoms with Gasteiger partial charge in [-0.3, -0.25) is 14.3 Å². The molecule has 2 saturated carbocycles. The summed E-state index contributed by atoms with van der Waals surface area (Å²) in [6.45, 7) is 0. The van der Waals surface area contributed by atoms with E-state index in [0.29, 0.717) is 27.7 Å². The Balaban J connectivity index is 1.45. The van der Waals surface area contributed by atoms with Crippen molar-refractivity contribution in [3.63, 3.8) is 0 Å². The van der Waals surface area contributed by atoms with E-state index in [9.17, 15) is 9.59 Å². The Morgan fingerprint density at radius 2 is 1.93 bits per heavy atom. The molecule has 1 N–H and O–H groups in total. The molecule has 0 aliphatic heterocycles. The van der Waals surface area contributed by atoms with E-state index in [4.69, 9.17) is 9.51 Å². The molecule has 2 fully saturated rings. The van der Waals surface area contributed by atoms with Crippen molar-refractivity contribution in [2.24, 2.45) is 0 Å². The lowest BCUT2D eigenvalue weighted by atomic mass is 9.97. The van der Waals surface area contributed by atoms with Crippen molar-refractivity contribution >= 4 is 22.8 Å². The van der Waals surface area contributed by atoms with E-state index in [0.717, 1.165) is 68.6 Å². The smallest absolute Gasteiger partial charge is 0.330 e. The molecule has 8 nitrogen and oxygen atoms in total. The van der Waals surface area contributed by atoms with Gasteiger partial charge in [-0.25, -0.2) is 14.8 Å². The maximum Gasteiger partial charge on any atom is 0.330 e. The Hall–Kier alpha value is -2.42. The molecule has 6 rings (SSSR count). The molecule has 3 aromatic rings. The van der Waals surface area contributed by atoms with Gasteiger partial charge >= 0.3 is 5.69 Å². The average molecular weight is 411 g/mol. The molecule has 0 bridgehead atoms. The number of aromatic amines is 1. The molecule has 150 valence electrons. The molecule has 3 heterocycles. The fraction of sp³-hybridized carbons (Fsp3) is 0.550. The van der Waals surface area contributed by atoms with Crippen LogP contribution in [0, 0.1) is 0 Å². The molecule has 0 atom stereocenters. The SMILES string of the molecule is O=c1[nH]c(=O)n(C2CC2)c2nc(C3CC3)nc(SCc3noc4c3CCCC4)c12. The van der Waals surface area contributed by atoms with Crippen LogP contribution in [0.2, 0.25) is 0 Å². The molecule has 0 amide bonds. The van der Waals surface area contributed by atoms with E-state index in [1.165, 1.54) is 17.3 Å². The van der Waals surface area contributed by atoms with Crippen LogP contribution in [-0.4, -0.2) is 24.7 Å². The largest absolute Gasteiger partial charge is 0.361 e. The summed E-state index contributed by atoms with van der Waals surface area (Å²) in [6, 6.07) is 0.129. The predicted molar refractivity (Wildman–Crippen MR) is 107 cm³/mol.